The summed E-state index contributed by atoms with van der Waals surface area (Å²) in [6.07, 6.45) is 5.96. The van der Waals surface area contributed by atoms with Gasteiger partial charge in [0.2, 0.25) is 0 Å². The van der Waals surface area contributed by atoms with Gasteiger partial charge >= 0.3 is 0 Å². The number of fused-ring (bicyclic) bond motifs is 1. The number of ether oxygens (including phenoxy) is 3. The highest BCUT2D eigenvalue weighted by atomic mass is 16.6. The van der Waals surface area contributed by atoms with E-state index >= 15 is 0 Å². The van der Waals surface area contributed by atoms with Crippen LogP contribution in [0.2, 0.25) is 0 Å². The summed E-state index contributed by atoms with van der Waals surface area (Å²) in [7, 11) is 0. The van der Waals surface area contributed by atoms with Crippen molar-refractivity contribution in [3.63, 3.8) is 0 Å². The lowest BCUT2D eigenvalue weighted by Crippen LogP contribution is -2.18. The highest BCUT2D eigenvalue weighted by molar-refractivity contribution is 4.91. The van der Waals surface area contributed by atoms with E-state index in [0.29, 0.717) is 12.2 Å². The first-order valence-electron chi connectivity index (χ1n) is 6.21. The molecular formula is C12H22O3. The Kier molecular flexibility index (Phi) is 4.42. The Morgan fingerprint density at radius 2 is 2.00 bits per heavy atom. The molecule has 15 heavy (non-hydrogen) atoms. The molecule has 0 aromatic heterocycles. The summed E-state index contributed by atoms with van der Waals surface area (Å²) in [5.41, 5.74) is 0. The lowest BCUT2D eigenvalue weighted by atomic mass is 9.90. The fraction of sp³-hybridized carbons (Fsp3) is 1.00. The fourth-order valence-corrected chi connectivity index (χ4v) is 2.30. The highest BCUT2D eigenvalue weighted by Crippen LogP contribution is 2.39. The van der Waals surface area contributed by atoms with Crippen LogP contribution >= 0.6 is 0 Å². The van der Waals surface area contributed by atoms with Crippen molar-refractivity contribution in [1.82, 2.24) is 0 Å². The molecule has 0 aromatic carbocycles. The minimum atomic E-state index is 0.579. The van der Waals surface area contributed by atoms with Gasteiger partial charge in [0.25, 0.3) is 0 Å². The maximum absolute atomic E-state index is 5.65. The van der Waals surface area contributed by atoms with Crippen molar-refractivity contribution in [3.05, 3.63) is 0 Å². The first-order valence-corrected chi connectivity index (χ1v) is 6.21. The van der Waals surface area contributed by atoms with E-state index in [-0.39, 0.29) is 0 Å². The molecule has 3 nitrogen and oxygen atoms in total. The average Bonchev–Trinajstić information content (AvgIpc) is 3.01. The van der Waals surface area contributed by atoms with E-state index in [1.807, 2.05) is 6.92 Å². The zero-order valence-electron chi connectivity index (χ0n) is 9.61. The number of hydrogen-bond donors (Lipinski definition) is 0. The van der Waals surface area contributed by atoms with Crippen LogP contribution in [0.1, 0.15) is 32.6 Å². The second kappa shape index (κ2) is 5.83. The van der Waals surface area contributed by atoms with Gasteiger partial charge in [0.05, 0.1) is 12.2 Å². The van der Waals surface area contributed by atoms with Crippen LogP contribution in [-0.2, 0) is 14.2 Å². The maximum Gasteiger partial charge on any atom is 0.0845 e. The molecule has 0 spiro atoms. The second-order valence-electron chi connectivity index (χ2n) is 4.52. The first kappa shape index (κ1) is 11.4. The van der Waals surface area contributed by atoms with Crippen molar-refractivity contribution in [2.24, 2.45) is 5.92 Å². The molecule has 2 fully saturated rings. The molecule has 0 aromatic rings. The predicted molar refractivity (Wildman–Crippen MR) is 57.9 cm³/mol. The SMILES string of the molecule is CCOCCCOCC1CCC2OC2C1. The smallest absolute Gasteiger partial charge is 0.0845 e. The van der Waals surface area contributed by atoms with Gasteiger partial charge in [-0.2, -0.15) is 0 Å². The van der Waals surface area contributed by atoms with E-state index < -0.39 is 0 Å². The van der Waals surface area contributed by atoms with Gasteiger partial charge in [-0.25, -0.2) is 0 Å². The van der Waals surface area contributed by atoms with Gasteiger partial charge in [0.1, 0.15) is 0 Å². The first-order chi connectivity index (χ1) is 7.40. The number of epoxide rings is 1. The van der Waals surface area contributed by atoms with Crippen LogP contribution in [0.25, 0.3) is 0 Å². The summed E-state index contributed by atoms with van der Waals surface area (Å²) < 4.78 is 16.4. The van der Waals surface area contributed by atoms with Gasteiger partial charge in [-0.3, -0.25) is 0 Å². The molecule has 88 valence electrons. The second-order valence-corrected chi connectivity index (χ2v) is 4.52. The third-order valence-corrected chi connectivity index (χ3v) is 3.25. The standard InChI is InChI=1S/C12H22O3/c1-2-13-6-3-7-14-9-10-4-5-11-12(8-10)15-11/h10-12H,2-9H2,1H3. The molecule has 1 saturated carbocycles. The molecule has 2 rings (SSSR count). The lowest BCUT2D eigenvalue weighted by Gasteiger charge is -2.18. The summed E-state index contributed by atoms with van der Waals surface area (Å²) in [5.74, 6) is 0.737. The van der Waals surface area contributed by atoms with Crippen LogP contribution in [0, 0.1) is 5.92 Å². The van der Waals surface area contributed by atoms with Crippen molar-refractivity contribution in [2.75, 3.05) is 26.4 Å². The van der Waals surface area contributed by atoms with Crippen LogP contribution < -0.4 is 0 Å². The van der Waals surface area contributed by atoms with Gasteiger partial charge in [-0.15, -0.1) is 0 Å². The monoisotopic (exact) mass is 214 g/mol. The zero-order chi connectivity index (χ0) is 10.5. The van der Waals surface area contributed by atoms with E-state index in [4.69, 9.17) is 14.2 Å². The Hall–Kier alpha value is -0.120. The van der Waals surface area contributed by atoms with Crippen molar-refractivity contribution in [3.8, 4) is 0 Å². The minimum absolute atomic E-state index is 0.579. The number of rotatable bonds is 7. The maximum atomic E-state index is 5.65. The Labute approximate surface area is 92.1 Å². The summed E-state index contributed by atoms with van der Waals surface area (Å²) >= 11 is 0. The molecule has 1 saturated heterocycles. The topological polar surface area (TPSA) is 31.0 Å². The van der Waals surface area contributed by atoms with Crippen LogP contribution in [0.15, 0.2) is 0 Å². The van der Waals surface area contributed by atoms with Crippen molar-refractivity contribution in [1.29, 1.82) is 0 Å². The van der Waals surface area contributed by atoms with Crippen LogP contribution in [0.3, 0.4) is 0 Å². The average molecular weight is 214 g/mol. The van der Waals surface area contributed by atoms with Gasteiger partial charge in [0.15, 0.2) is 0 Å². The zero-order valence-corrected chi connectivity index (χ0v) is 9.61. The Balaban J connectivity index is 1.43. The van der Waals surface area contributed by atoms with Crippen LogP contribution in [-0.4, -0.2) is 38.6 Å². The molecule has 1 aliphatic carbocycles. The van der Waals surface area contributed by atoms with Crippen LogP contribution in [0.5, 0.6) is 0 Å². The molecule has 0 N–H and O–H groups in total. The van der Waals surface area contributed by atoms with Crippen molar-refractivity contribution >= 4 is 0 Å². The third kappa shape index (κ3) is 3.74. The molecule has 0 radical (unpaired) electrons. The van der Waals surface area contributed by atoms with Gasteiger partial charge in [-0.1, -0.05) is 0 Å². The lowest BCUT2D eigenvalue weighted by molar-refractivity contribution is 0.0627. The van der Waals surface area contributed by atoms with E-state index in [1.165, 1.54) is 19.3 Å². The molecule has 0 bridgehead atoms. The summed E-state index contributed by atoms with van der Waals surface area (Å²) in [6.45, 7) is 5.41. The molecule has 3 atom stereocenters. The van der Waals surface area contributed by atoms with E-state index in [9.17, 15) is 0 Å². The largest absolute Gasteiger partial charge is 0.382 e. The number of hydrogen-bond acceptors (Lipinski definition) is 3. The van der Waals surface area contributed by atoms with E-state index in [2.05, 4.69) is 0 Å². The Bertz CT molecular complexity index is 184. The minimum Gasteiger partial charge on any atom is -0.382 e. The van der Waals surface area contributed by atoms with E-state index in [0.717, 1.165) is 38.8 Å². The summed E-state index contributed by atoms with van der Waals surface area (Å²) in [4.78, 5) is 0. The van der Waals surface area contributed by atoms with E-state index in [1.54, 1.807) is 0 Å². The molecular weight excluding hydrogens is 192 g/mol. The van der Waals surface area contributed by atoms with Crippen LogP contribution in [0.4, 0.5) is 0 Å². The molecule has 2 aliphatic rings. The highest BCUT2D eigenvalue weighted by Gasteiger charge is 2.43. The third-order valence-electron chi connectivity index (χ3n) is 3.25. The van der Waals surface area contributed by atoms with Crippen molar-refractivity contribution < 1.29 is 14.2 Å². The summed E-state index contributed by atoms with van der Waals surface area (Å²) in [6, 6.07) is 0. The fourth-order valence-electron chi connectivity index (χ4n) is 2.30. The van der Waals surface area contributed by atoms with Gasteiger partial charge in [0, 0.05) is 26.4 Å². The predicted octanol–water partition coefficient (Wildman–Crippen LogP) is 2.00. The molecule has 3 unspecified atom stereocenters. The molecule has 1 aliphatic heterocycles. The Morgan fingerprint density at radius 3 is 2.80 bits per heavy atom. The van der Waals surface area contributed by atoms with Crippen molar-refractivity contribution in [2.45, 2.75) is 44.8 Å². The normalized spacial score (nSPS) is 33.8. The Morgan fingerprint density at radius 1 is 1.13 bits per heavy atom. The molecule has 0 amide bonds. The van der Waals surface area contributed by atoms with Gasteiger partial charge in [-0.05, 0) is 38.5 Å². The van der Waals surface area contributed by atoms with Gasteiger partial charge < -0.3 is 14.2 Å². The molecule has 3 heteroatoms. The quantitative estimate of drug-likeness (QED) is 0.480. The molecule has 1 heterocycles. The summed E-state index contributed by atoms with van der Waals surface area (Å²) in [5, 5.41) is 0.